The van der Waals surface area contributed by atoms with Gasteiger partial charge in [-0.2, -0.15) is 0 Å². The van der Waals surface area contributed by atoms with E-state index in [2.05, 4.69) is 54.5 Å². The molecule has 1 aromatic carbocycles. The number of hydrogen-bond donors (Lipinski definition) is 0. The third kappa shape index (κ3) is 2.62. The van der Waals surface area contributed by atoms with Gasteiger partial charge in [0.1, 0.15) is 12.0 Å². The summed E-state index contributed by atoms with van der Waals surface area (Å²) in [5.74, 6) is 0.677. The minimum absolute atomic E-state index is 0.148. The molecule has 1 atom stereocenters. The van der Waals surface area contributed by atoms with E-state index >= 15 is 0 Å². The third-order valence-electron chi connectivity index (χ3n) is 4.86. The molecule has 1 aliphatic heterocycles. The zero-order valence-electron chi connectivity index (χ0n) is 15.3. The lowest BCUT2D eigenvalue weighted by Gasteiger charge is -2.12. The Balaban J connectivity index is 1.81. The van der Waals surface area contributed by atoms with Crippen LogP contribution in [0.5, 0.6) is 0 Å². The third-order valence-corrected chi connectivity index (χ3v) is 5.36. The highest BCUT2D eigenvalue weighted by molar-refractivity contribution is 9.10. The second-order valence-corrected chi connectivity index (χ2v) is 7.56. The number of nitrogens with zero attached hydrogens (tertiary/aromatic N) is 5. The lowest BCUT2D eigenvalue weighted by molar-refractivity contribution is 0.567. The number of hydrogen-bond acceptors (Lipinski definition) is 5. The van der Waals surface area contributed by atoms with Gasteiger partial charge in [0.15, 0.2) is 12.2 Å². The fourth-order valence-electron chi connectivity index (χ4n) is 3.59. The van der Waals surface area contributed by atoms with Crippen molar-refractivity contribution in [2.75, 3.05) is 0 Å². The van der Waals surface area contributed by atoms with Crippen molar-refractivity contribution in [1.29, 1.82) is 0 Å². The summed E-state index contributed by atoms with van der Waals surface area (Å²) < 4.78 is 8.70. The summed E-state index contributed by atoms with van der Waals surface area (Å²) in [7, 11) is 0. The molecule has 3 aromatic heterocycles. The fourth-order valence-corrected chi connectivity index (χ4v) is 3.95. The van der Waals surface area contributed by atoms with Crippen molar-refractivity contribution in [2.24, 2.45) is 4.99 Å². The molecule has 0 spiro atoms. The zero-order chi connectivity index (χ0) is 19.3. The van der Waals surface area contributed by atoms with Gasteiger partial charge in [0.05, 0.1) is 34.5 Å². The van der Waals surface area contributed by atoms with E-state index in [1.54, 1.807) is 6.20 Å². The van der Waals surface area contributed by atoms with Crippen LogP contribution in [-0.2, 0) is 0 Å². The molecule has 0 radical (unpaired) electrons. The maximum absolute atomic E-state index is 5.63. The number of pyridine rings is 1. The van der Waals surface area contributed by atoms with Crippen molar-refractivity contribution in [1.82, 2.24) is 19.5 Å². The summed E-state index contributed by atoms with van der Waals surface area (Å²) in [4.78, 5) is 18.5. The SMILES string of the molecule is Cc1ncoc1-c1ncn2c1[C@@H](C)N=C(c1ccccn1)c1cc(Br)ccc1-2. The van der Waals surface area contributed by atoms with E-state index in [0.29, 0.717) is 5.76 Å². The van der Waals surface area contributed by atoms with Crippen LogP contribution in [0.4, 0.5) is 0 Å². The van der Waals surface area contributed by atoms with Crippen LogP contribution in [0.25, 0.3) is 17.1 Å². The molecule has 0 fully saturated rings. The molecular formula is C21H16BrN5O. The summed E-state index contributed by atoms with van der Waals surface area (Å²) in [6.45, 7) is 3.98. The van der Waals surface area contributed by atoms with Gasteiger partial charge in [0.25, 0.3) is 0 Å². The van der Waals surface area contributed by atoms with E-state index in [1.807, 2.05) is 37.5 Å². The molecule has 1 aliphatic rings. The molecule has 6 nitrogen and oxygen atoms in total. The molecule has 0 unspecified atom stereocenters. The minimum Gasteiger partial charge on any atom is -0.441 e. The molecule has 0 bridgehead atoms. The van der Waals surface area contributed by atoms with Gasteiger partial charge in [0, 0.05) is 16.2 Å². The molecule has 138 valence electrons. The van der Waals surface area contributed by atoms with Crippen LogP contribution in [0, 0.1) is 6.92 Å². The van der Waals surface area contributed by atoms with Gasteiger partial charge in [-0.05, 0) is 44.2 Å². The van der Waals surface area contributed by atoms with Crippen molar-refractivity contribution in [3.63, 3.8) is 0 Å². The number of rotatable bonds is 2. The number of aromatic nitrogens is 4. The average molecular weight is 434 g/mol. The van der Waals surface area contributed by atoms with E-state index in [9.17, 15) is 0 Å². The number of fused-ring (bicyclic) bond motifs is 3. The summed E-state index contributed by atoms with van der Waals surface area (Å²) in [6.07, 6.45) is 5.06. The summed E-state index contributed by atoms with van der Waals surface area (Å²) >= 11 is 3.59. The standard InChI is InChI=1S/C21H16BrN5O/c1-12-20-19(21-13(2)25-11-28-21)24-10-27(20)17-7-6-14(22)9-15(17)18(26-12)16-5-3-4-8-23-16/h3-12H,1-2H3/t12-/m1/s1. The van der Waals surface area contributed by atoms with E-state index in [-0.39, 0.29) is 6.04 Å². The quantitative estimate of drug-likeness (QED) is 0.450. The zero-order valence-corrected chi connectivity index (χ0v) is 16.9. The van der Waals surface area contributed by atoms with E-state index in [4.69, 9.17) is 9.41 Å². The van der Waals surface area contributed by atoms with Gasteiger partial charge < -0.3 is 4.42 Å². The Bertz CT molecular complexity index is 1210. The minimum atomic E-state index is -0.148. The number of aryl methyl sites for hydroxylation is 1. The molecule has 7 heteroatoms. The Morgan fingerprint density at radius 3 is 2.75 bits per heavy atom. The van der Waals surface area contributed by atoms with E-state index in [0.717, 1.165) is 44.2 Å². The molecule has 0 saturated heterocycles. The number of oxazole rings is 1. The Morgan fingerprint density at radius 1 is 1.11 bits per heavy atom. The fraction of sp³-hybridized carbons (Fsp3) is 0.143. The maximum atomic E-state index is 5.63. The monoisotopic (exact) mass is 433 g/mol. The Morgan fingerprint density at radius 2 is 2.00 bits per heavy atom. The first-order chi connectivity index (χ1) is 13.6. The van der Waals surface area contributed by atoms with Crippen LogP contribution in [0.1, 0.15) is 35.6 Å². The smallest absolute Gasteiger partial charge is 0.181 e. The van der Waals surface area contributed by atoms with Gasteiger partial charge >= 0.3 is 0 Å². The van der Waals surface area contributed by atoms with Gasteiger partial charge in [0.2, 0.25) is 0 Å². The normalized spacial score (nSPS) is 15.5. The topological polar surface area (TPSA) is 69.1 Å². The summed E-state index contributed by atoms with van der Waals surface area (Å²) in [5, 5.41) is 0. The Hall–Kier alpha value is -3.06. The first kappa shape index (κ1) is 17.1. The highest BCUT2D eigenvalue weighted by atomic mass is 79.9. The summed E-state index contributed by atoms with van der Waals surface area (Å²) in [5.41, 5.74) is 6.23. The molecule has 5 rings (SSSR count). The molecule has 0 aliphatic carbocycles. The Kier molecular flexibility index (Phi) is 3.98. The lowest BCUT2D eigenvalue weighted by atomic mass is 10.0. The number of aliphatic imine (C=N–C) groups is 1. The molecule has 0 saturated carbocycles. The van der Waals surface area contributed by atoms with Gasteiger partial charge in [-0.15, -0.1) is 0 Å². The first-order valence-corrected chi connectivity index (χ1v) is 9.70. The molecule has 0 amide bonds. The van der Waals surface area contributed by atoms with Crippen molar-refractivity contribution >= 4 is 21.6 Å². The predicted octanol–water partition coefficient (Wildman–Crippen LogP) is 4.91. The highest BCUT2D eigenvalue weighted by Crippen LogP contribution is 2.37. The lowest BCUT2D eigenvalue weighted by Crippen LogP contribution is -2.08. The van der Waals surface area contributed by atoms with Crippen LogP contribution in [0.15, 0.2) is 69.2 Å². The first-order valence-electron chi connectivity index (χ1n) is 8.90. The van der Waals surface area contributed by atoms with Crippen molar-refractivity contribution in [2.45, 2.75) is 19.9 Å². The van der Waals surface area contributed by atoms with Crippen LogP contribution in [0.2, 0.25) is 0 Å². The van der Waals surface area contributed by atoms with Crippen LogP contribution < -0.4 is 0 Å². The van der Waals surface area contributed by atoms with E-state index in [1.165, 1.54) is 6.39 Å². The van der Waals surface area contributed by atoms with Crippen LogP contribution >= 0.6 is 15.9 Å². The Labute approximate surface area is 170 Å². The van der Waals surface area contributed by atoms with Crippen molar-refractivity contribution < 1.29 is 4.42 Å². The summed E-state index contributed by atoms with van der Waals surface area (Å²) in [6, 6.07) is 11.9. The van der Waals surface area contributed by atoms with Gasteiger partial charge in [-0.25, -0.2) is 9.97 Å². The second kappa shape index (κ2) is 6.53. The van der Waals surface area contributed by atoms with Crippen molar-refractivity contribution in [3.8, 4) is 17.1 Å². The molecule has 4 aromatic rings. The molecule has 4 heterocycles. The molecular weight excluding hydrogens is 418 g/mol. The molecule has 0 N–H and O–H groups in total. The maximum Gasteiger partial charge on any atom is 0.181 e. The second-order valence-electron chi connectivity index (χ2n) is 6.65. The van der Waals surface area contributed by atoms with Crippen LogP contribution in [-0.4, -0.2) is 25.2 Å². The number of imidazole rings is 1. The average Bonchev–Trinajstić information content (AvgIpc) is 3.29. The number of halogens is 1. The van der Waals surface area contributed by atoms with Crippen LogP contribution in [0.3, 0.4) is 0 Å². The van der Waals surface area contributed by atoms with Gasteiger partial charge in [-0.3, -0.25) is 14.5 Å². The molecule has 28 heavy (non-hydrogen) atoms. The number of benzene rings is 1. The predicted molar refractivity (Wildman–Crippen MR) is 110 cm³/mol. The largest absolute Gasteiger partial charge is 0.441 e. The van der Waals surface area contributed by atoms with Crippen molar-refractivity contribution in [3.05, 3.63) is 82.4 Å². The van der Waals surface area contributed by atoms with E-state index < -0.39 is 0 Å². The van der Waals surface area contributed by atoms with Gasteiger partial charge in [-0.1, -0.05) is 22.0 Å². The highest BCUT2D eigenvalue weighted by Gasteiger charge is 2.28.